The average Bonchev–Trinajstić information content (AvgIpc) is 3.30. The van der Waals surface area contributed by atoms with Crippen LogP contribution in [0.3, 0.4) is 0 Å². The summed E-state index contributed by atoms with van der Waals surface area (Å²) in [5, 5.41) is 11.4. The van der Waals surface area contributed by atoms with Crippen LogP contribution in [0.2, 0.25) is 5.02 Å². The second-order valence-corrected chi connectivity index (χ2v) is 8.60. The van der Waals surface area contributed by atoms with E-state index in [1.54, 1.807) is 12.1 Å². The number of fused-ring (bicyclic) bond motifs is 1. The predicted octanol–water partition coefficient (Wildman–Crippen LogP) is 4.21. The van der Waals surface area contributed by atoms with Gasteiger partial charge in [-0.2, -0.15) is 0 Å². The average molecular weight is 521 g/mol. The van der Waals surface area contributed by atoms with Gasteiger partial charge in [-0.25, -0.2) is 0 Å². The quantitative estimate of drug-likeness (QED) is 0.388. The summed E-state index contributed by atoms with van der Waals surface area (Å²) in [6, 6.07) is 20.0. The van der Waals surface area contributed by atoms with Gasteiger partial charge in [-0.05, 0) is 61.8 Å². The first-order chi connectivity index (χ1) is 15.6. The molecule has 1 aromatic heterocycles. The Balaban J connectivity index is 0.00000144. The van der Waals surface area contributed by atoms with Crippen LogP contribution in [0.15, 0.2) is 65.1 Å². The third kappa shape index (κ3) is 6.22. The van der Waals surface area contributed by atoms with Gasteiger partial charge in [0.1, 0.15) is 5.75 Å². The van der Waals surface area contributed by atoms with Crippen molar-refractivity contribution in [2.75, 3.05) is 38.1 Å². The summed E-state index contributed by atoms with van der Waals surface area (Å²) < 4.78 is 12.0. The van der Waals surface area contributed by atoms with E-state index in [4.69, 9.17) is 20.8 Å². The summed E-state index contributed by atoms with van der Waals surface area (Å²) in [6.45, 7) is 6.09. The molecule has 0 aliphatic carbocycles. The molecular formula is C25H30Cl2N4O4. The minimum absolute atomic E-state index is 0. The van der Waals surface area contributed by atoms with Crippen LogP contribution < -0.4 is 9.64 Å². The summed E-state index contributed by atoms with van der Waals surface area (Å²) >= 11 is 5.96. The number of ether oxygens (including phenoxy) is 1. The number of hydrogen-bond donors (Lipinski definition) is 0. The minimum atomic E-state index is -0.378. The van der Waals surface area contributed by atoms with E-state index in [2.05, 4.69) is 57.4 Å². The van der Waals surface area contributed by atoms with Gasteiger partial charge in [0.05, 0.1) is 0 Å². The molecule has 0 amide bonds. The Morgan fingerprint density at radius 3 is 2.37 bits per heavy atom. The monoisotopic (exact) mass is 520 g/mol. The molecule has 10 heteroatoms. The first kappa shape index (κ1) is 28.4. The lowest BCUT2D eigenvalue weighted by atomic mass is 10.1. The second kappa shape index (κ2) is 12.2. The van der Waals surface area contributed by atoms with Gasteiger partial charge in [0, 0.05) is 47.8 Å². The smallest absolute Gasteiger partial charge is 0.257 e. The number of rotatable bonds is 5. The number of hydrogen-bond acceptors (Lipinski definition) is 6. The maximum atomic E-state index is 6.19. The van der Waals surface area contributed by atoms with E-state index in [9.17, 15) is 0 Å². The van der Waals surface area contributed by atoms with Crippen LogP contribution in [0, 0.1) is 0 Å². The van der Waals surface area contributed by atoms with Gasteiger partial charge in [0.25, 0.3) is 5.89 Å². The lowest BCUT2D eigenvalue weighted by molar-refractivity contribution is 0.190. The van der Waals surface area contributed by atoms with Crippen molar-refractivity contribution in [3.8, 4) is 17.2 Å². The highest BCUT2D eigenvalue weighted by Crippen LogP contribution is 2.32. The Kier molecular flexibility index (Phi) is 9.88. The summed E-state index contributed by atoms with van der Waals surface area (Å²) in [6.07, 6.45) is -0.378. The summed E-state index contributed by atoms with van der Waals surface area (Å²) in [4.78, 5) is 4.81. The zero-order valence-electron chi connectivity index (χ0n) is 19.6. The number of piperazine rings is 1. The van der Waals surface area contributed by atoms with E-state index >= 15 is 0 Å². The van der Waals surface area contributed by atoms with Crippen molar-refractivity contribution >= 4 is 40.5 Å². The highest BCUT2D eigenvalue weighted by atomic mass is 35.5. The van der Waals surface area contributed by atoms with Gasteiger partial charge in [-0.3, -0.25) is 0 Å². The second-order valence-electron chi connectivity index (χ2n) is 8.16. The summed E-state index contributed by atoms with van der Waals surface area (Å²) in [5.74, 6) is 1.66. The van der Waals surface area contributed by atoms with Crippen LogP contribution in [0.5, 0.6) is 5.75 Å². The molecule has 2 heterocycles. The number of aromatic nitrogens is 2. The molecule has 1 saturated heterocycles. The molecule has 4 aromatic rings. The zero-order chi connectivity index (χ0) is 22.1. The summed E-state index contributed by atoms with van der Waals surface area (Å²) in [5.41, 5.74) is 2.07. The van der Waals surface area contributed by atoms with Gasteiger partial charge >= 0.3 is 0 Å². The number of halogens is 2. The Morgan fingerprint density at radius 2 is 1.66 bits per heavy atom. The molecule has 0 radical (unpaired) electrons. The van der Waals surface area contributed by atoms with Crippen molar-refractivity contribution in [1.82, 2.24) is 15.1 Å². The normalized spacial score (nSPS) is 14.4. The van der Waals surface area contributed by atoms with E-state index in [-0.39, 0.29) is 29.5 Å². The number of benzene rings is 3. The van der Waals surface area contributed by atoms with E-state index in [1.807, 2.05) is 25.1 Å². The lowest BCUT2D eigenvalue weighted by Gasteiger charge is -2.34. The van der Waals surface area contributed by atoms with Crippen LogP contribution in [-0.2, 0) is 0 Å². The Morgan fingerprint density at radius 1 is 0.943 bits per heavy atom. The SMILES string of the molecule is CC(Oc1ccc2cccc(N3CCN(C)CC3)c2c1)c1nnc(-c2ccc(Cl)cc2)o1.Cl.O.O. The molecule has 188 valence electrons. The van der Waals surface area contributed by atoms with Gasteiger partial charge < -0.3 is 29.9 Å². The number of anilines is 1. The molecule has 1 aliphatic heterocycles. The molecule has 1 fully saturated rings. The lowest BCUT2D eigenvalue weighted by Crippen LogP contribution is -2.44. The molecule has 5 rings (SSSR count). The fourth-order valence-electron chi connectivity index (χ4n) is 3.99. The maximum Gasteiger partial charge on any atom is 0.257 e. The van der Waals surface area contributed by atoms with Crippen LogP contribution in [0.1, 0.15) is 18.9 Å². The fraction of sp³-hybridized carbons (Fsp3) is 0.280. The highest BCUT2D eigenvalue weighted by Gasteiger charge is 2.19. The third-order valence-corrected chi connectivity index (χ3v) is 6.12. The Bertz CT molecular complexity index is 1230. The van der Waals surface area contributed by atoms with Crippen LogP contribution in [0.25, 0.3) is 22.2 Å². The molecule has 4 N–H and O–H groups in total. The number of likely N-dealkylation sites (N-methyl/N-ethyl adjacent to an activating group) is 1. The minimum Gasteiger partial charge on any atom is -0.481 e. The largest absolute Gasteiger partial charge is 0.481 e. The van der Waals surface area contributed by atoms with Gasteiger partial charge in [0.2, 0.25) is 5.89 Å². The number of nitrogens with zero attached hydrogens (tertiary/aromatic N) is 4. The van der Waals surface area contributed by atoms with E-state index in [0.717, 1.165) is 37.5 Å². The first-order valence-corrected chi connectivity index (χ1v) is 11.2. The molecule has 0 spiro atoms. The van der Waals surface area contributed by atoms with Crippen molar-refractivity contribution in [1.29, 1.82) is 0 Å². The molecule has 0 bridgehead atoms. The van der Waals surface area contributed by atoms with Crippen molar-refractivity contribution in [3.05, 3.63) is 71.6 Å². The van der Waals surface area contributed by atoms with E-state index in [1.165, 1.54) is 16.5 Å². The molecular weight excluding hydrogens is 491 g/mol. The van der Waals surface area contributed by atoms with Gasteiger partial charge in [0.15, 0.2) is 6.10 Å². The van der Waals surface area contributed by atoms with Gasteiger partial charge in [-0.15, -0.1) is 22.6 Å². The van der Waals surface area contributed by atoms with E-state index < -0.39 is 0 Å². The standard InChI is InChI=1S/C25H25ClN4O2.ClH.2H2O/c1-17(24-27-28-25(32-24)19-6-9-20(26)10-7-19)31-21-11-8-18-4-3-5-23(22(18)16-21)30-14-12-29(2)13-15-30;;;/h3-11,16-17H,12-15H2,1-2H3;1H;2*1H2. The third-order valence-electron chi connectivity index (χ3n) is 5.87. The van der Waals surface area contributed by atoms with Gasteiger partial charge in [-0.1, -0.05) is 29.8 Å². The molecule has 1 unspecified atom stereocenters. The van der Waals surface area contributed by atoms with E-state index in [0.29, 0.717) is 16.8 Å². The zero-order valence-corrected chi connectivity index (χ0v) is 21.1. The Hall–Kier alpha value is -2.88. The molecule has 35 heavy (non-hydrogen) atoms. The molecule has 8 nitrogen and oxygen atoms in total. The highest BCUT2D eigenvalue weighted by molar-refractivity contribution is 6.30. The summed E-state index contributed by atoms with van der Waals surface area (Å²) in [7, 11) is 2.17. The fourth-order valence-corrected chi connectivity index (χ4v) is 4.12. The molecule has 1 aliphatic rings. The first-order valence-electron chi connectivity index (χ1n) is 10.8. The topological polar surface area (TPSA) is 118 Å². The van der Waals surface area contributed by atoms with Crippen LogP contribution in [0.4, 0.5) is 5.69 Å². The maximum absolute atomic E-state index is 6.19. The molecule has 0 saturated carbocycles. The molecule has 1 atom stereocenters. The predicted molar refractivity (Wildman–Crippen MR) is 142 cm³/mol. The molecule has 3 aromatic carbocycles. The van der Waals surface area contributed by atoms with Crippen molar-refractivity contribution in [3.63, 3.8) is 0 Å². The van der Waals surface area contributed by atoms with Crippen LogP contribution in [-0.4, -0.2) is 59.3 Å². The van der Waals surface area contributed by atoms with Crippen molar-refractivity contribution in [2.24, 2.45) is 0 Å². The van der Waals surface area contributed by atoms with Crippen molar-refractivity contribution < 1.29 is 20.1 Å². The Labute approximate surface area is 215 Å². The van der Waals surface area contributed by atoms with Crippen molar-refractivity contribution in [2.45, 2.75) is 13.0 Å². The van der Waals surface area contributed by atoms with Crippen LogP contribution >= 0.6 is 24.0 Å².